The number of aryl methyl sites for hydroxylation is 1. The number of amides is 1. The molecule has 0 bridgehead atoms. The monoisotopic (exact) mass is 498 g/mol. The third-order valence-corrected chi connectivity index (χ3v) is 6.69. The summed E-state index contributed by atoms with van der Waals surface area (Å²) >= 11 is 6.06. The van der Waals surface area contributed by atoms with Crippen molar-refractivity contribution in [1.82, 2.24) is 19.7 Å². The average Bonchev–Trinajstić information content (AvgIpc) is 3.20. The summed E-state index contributed by atoms with van der Waals surface area (Å²) in [5.74, 6) is -0.232. The summed E-state index contributed by atoms with van der Waals surface area (Å²) in [5.41, 5.74) is 3.44. The highest BCUT2D eigenvalue weighted by molar-refractivity contribution is 6.30. The molecule has 0 unspecified atom stereocenters. The Morgan fingerprint density at radius 2 is 1.67 bits per heavy atom. The van der Waals surface area contributed by atoms with Crippen LogP contribution in [0.15, 0.2) is 89.9 Å². The lowest BCUT2D eigenvalue weighted by Crippen LogP contribution is -2.38. The molecule has 0 saturated carbocycles. The van der Waals surface area contributed by atoms with Crippen LogP contribution >= 0.6 is 11.6 Å². The Bertz CT molecular complexity index is 1570. The summed E-state index contributed by atoms with van der Waals surface area (Å²) in [7, 11) is 0. The second-order valence-corrected chi connectivity index (χ2v) is 9.53. The molecular weight excluding hydrogens is 472 g/mol. The van der Waals surface area contributed by atoms with E-state index in [4.69, 9.17) is 11.6 Å². The van der Waals surface area contributed by atoms with E-state index < -0.39 is 0 Å². The van der Waals surface area contributed by atoms with E-state index in [0.29, 0.717) is 17.1 Å². The first-order valence-electron chi connectivity index (χ1n) is 12.0. The van der Waals surface area contributed by atoms with Gasteiger partial charge in [0, 0.05) is 33.9 Å². The Hall–Kier alpha value is -3.90. The Morgan fingerprint density at radius 1 is 0.944 bits per heavy atom. The van der Waals surface area contributed by atoms with Gasteiger partial charge in [-0.2, -0.15) is 5.10 Å². The van der Waals surface area contributed by atoms with Gasteiger partial charge in [-0.3, -0.25) is 9.59 Å². The Balaban J connectivity index is 1.40. The molecule has 7 heteroatoms. The number of benzene rings is 3. The fourth-order valence-corrected chi connectivity index (χ4v) is 4.73. The van der Waals surface area contributed by atoms with E-state index in [2.05, 4.69) is 22.5 Å². The summed E-state index contributed by atoms with van der Waals surface area (Å²) in [6.07, 6.45) is 3.37. The van der Waals surface area contributed by atoms with Gasteiger partial charge in [-0.05, 0) is 49.1 Å². The normalized spacial score (nSPS) is 12.2. The van der Waals surface area contributed by atoms with E-state index in [1.807, 2.05) is 78.2 Å². The van der Waals surface area contributed by atoms with Gasteiger partial charge in [-0.1, -0.05) is 72.3 Å². The number of fused-ring (bicyclic) bond motifs is 3. The third-order valence-electron chi connectivity index (χ3n) is 6.44. The van der Waals surface area contributed by atoms with Crippen LogP contribution in [0.25, 0.3) is 21.8 Å². The van der Waals surface area contributed by atoms with Gasteiger partial charge in [-0.25, -0.2) is 4.68 Å². The molecule has 5 rings (SSSR count). The molecule has 0 aliphatic rings. The van der Waals surface area contributed by atoms with Crippen molar-refractivity contribution in [3.63, 3.8) is 0 Å². The Kier molecular flexibility index (Phi) is 6.87. The summed E-state index contributed by atoms with van der Waals surface area (Å²) in [4.78, 5) is 26.3. The highest BCUT2D eigenvalue weighted by Crippen LogP contribution is 2.27. The molecule has 3 aromatic carbocycles. The minimum Gasteiger partial charge on any atom is -0.352 e. The van der Waals surface area contributed by atoms with Gasteiger partial charge in [0.05, 0.1) is 6.20 Å². The van der Waals surface area contributed by atoms with Crippen molar-refractivity contribution in [3.8, 4) is 0 Å². The molecule has 0 saturated heterocycles. The number of nitrogens with zero attached hydrogens (tertiary/aromatic N) is 3. The van der Waals surface area contributed by atoms with E-state index in [1.165, 1.54) is 10.2 Å². The molecule has 1 amide bonds. The van der Waals surface area contributed by atoms with Gasteiger partial charge in [0.25, 0.3) is 5.56 Å². The molecular formula is C29H27ClN4O2. The van der Waals surface area contributed by atoms with E-state index in [9.17, 15) is 9.59 Å². The lowest BCUT2D eigenvalue weighted by molar-refractivity contribution is -0.122. The van der Waals surface area contributed by atoms with Gasteiger partial charge < -0.3 is 9.88 Å². The van der Waals surface area contributed by atoms with Crippen molar-refractivity contribution in [2.24, 2.45) is 0 Å². The topological polar surface area (TPSA) is 68.9 Å². The molecule has 0 aliphatic carbocycles. The van der Waals surface area contributed by atoms with E-state index >= 15 is 0 Å². The quantitative estimate of drug-likeness (QED) is 0.320. The van der Waals surface area contributed by atoms with E-state index in [-0.39, 0.29) is 24.1 Å². The first kappa shape index (κ1) is 23.8. The average molecular weight is 499 g/mol. The fourth-order valence-electron chi connectivity index (χ4n) is 4.60. The first-order chi connectivity index (χ1) is 17.5. The van der Waals surface area contributed by atoms with Gasteiger partial charge >= 0.3 is 0 Å². The van der Waals surface area contributed by atoms with Crippen LogP contribution in [0.2, 0.25) is 5.02 Å². The Labute approximate surface area is 214 Å². The molecule has 6 nitrogen and oxygen atoms in total. The maximum absolute atomic E-state index is 13.6. The molecule has 182 valence electrons. The fraction of sp³-hybridized carbons (Fsp3) is 0.207. The van der Waals surface area contributed by atoms with Crippen LogP contribution in [0.1, 0.15) is 24.5 Å². The second-order valence-electron chi connectivity index (χ2n) is 9.09. The molecule has 0 spiro atoms. The van der Waals surface area contributed by atoms with E-state index in [0.717, 1.165) is 34.7 Å². The summed E-state index contributed by atoms with van der Waals surface area (Å²) in [6, 6.07) is 25.6. The second kappa shape index (κ2) is 10.4. The SMILES string of the molecule is C[C@H](CCc1ccccc1)NC(=O)Cn1ncc2c3ccccc3n(Cc3ccc(Cl)cc3)c2c1=O. The predicted molar refractivity (Wildman–Crippen MR) is 144 cm³/mol. The molecule has 0 aliphatic heterocycles. The maximum Gasteiger partial charge on any atom is 0.291 e. The number of nitrogens with one attached hydrogen (secondary N) is 1. The van der Waals surface area contributed by atoms with Crippen molar-refractivity contribution in [2.45, 2.75) is 38.9 Å². The highest BCUT2D eigenvalue weighted by Gasteiger charge is 2.18. The van der Waals surface area contributed by atoms with Gasteiger partial charge in [0.2, 0.25) is 5.91 Å². The van der Waals surface area contributed by atoms with Gasteiger partial charge in [0.15, 0.2) is 0 Å². The summed E-state index contributed by atoms with van der Waals surface area (Å²) in [5, 5.41) is 9.74. The number of halogens is 1. The third kappa shape index (κ3) is 5.04. The number of para-hydroxylation sites is 1. The van der Waals surface area contributed by atoms with Crippen molar-refractivity contribution in [1.29, 1.82) is 0 Å². The number of carbonyl (C=O) groups excluding carboxylic acids is 1. The molecule has 1 atom stereocenters. The highest BCUT2D eigenvalue weighted by atomic mass is 35.5. The van der Waals surface area contributed by atoms with Crippen LogP contribution in [0.4, 0.5) is 0 Å². The number of carbonyl (C=O) groups is 1. The number of rotatable bonds is 8. The number of aromatic nitrogens is 3. The van der Waals surface area contributed by atoms with Crippen LogP contribution in [0.3, 0.4) is 0 Å². The maximum atomic E-state index is 13.6. The molecule has 2 heterocycles. The molecule has 0 radical (unpaired) electrons. The van der Waals surface area contributed by atoms with Crippen LogP contribution in [0, 0.1) is 0 Å². The molecule has 1 N–H and O–H groups in total. The van der Waals surface area contributed by atoms with Crippen LogP contribution < -0.4 is 10.9 Å². The van der Waals surface area contributed by atoms with Crippen LogP contribution in [0.5, 0.6) is 0 Å². The van der Waals surface area contributed by atoms with Crippen molar-refractivity contribution in [2.75, 3.05) is 0 Å². The summed E-state index contributed by atoms with van der Waals surface area (Å²) in [6.45, 7) is 2.35. The first-order valence-corrected chi connectivity index (χ1v) is 12.4. The predicted octanol–water partition coefficient (Wildman–Crippen LogP) is 5.19. The molecule has 2 aromatic heterocycles. The number of hydrogen-bond acceptors (Lipinski definition) is 3. The largest absolute Gasteiger partial charge is 0.352 e. The van der Waals surface area contributed by atoms with E-state index in [1.54, 1.807) is 6.20 Å². The lowest BCUT2D eigenvalue weighted by atomic mass is 10.1. The van der Waals surface area contributed by atoms with Crippen LogP contribution in [-0.2, 0) is 24.3 Å². The lowest BCUT2D eigenvalue weighted by Gasteiger charge is -2.14. The zero-order chi connectivity index (χ0) is 25.1. The minimum absolute atomic E-state index is 0.0199. The molecule has 5 aromatic rings. The molecule has 36 heavy (non-hydrogen) atoms. The van der Waals surface area contributed by atoms with Crippen molar-refractivity contribution in [3.05, 3.63) is 112 Å². The molecule has 0 fully saturated rings. The minimum atomic E-state index is -0.287. The summed E-state index contributed by atoms with van der Waals surface area (Å²) < 4.78 is 3.24. The van der Waals surface area contributed by atoms with Gasteiger partial charge in [0.1, 0.15) is 12.1 Å². The van der Waals surface area contributed by atoms with Crippen molar-refractivity contribution >= 4 is 39.3 Å². The van der Waals surface area contributed by atoms with Crippen LogP contribution in [-0.4, -0.2) is 26.3 Å². The van der Waals surface area contributed by atoms with Gasteiger partial charge in [-0.15, -0.1) is 0 Å². The van der Waals surface area contributed by atoms with Crippen molar-refractivity contribution < 1.29 is 4.79 Å². The standard InChI is InChI=1S/C29H27ClN4O2/c1-20(11-12-21-7-3-2-4-8-21)32-27(35)19-34-29(36)28-25(17-31-34)24-9-5-6-10-26(24)33(28)18-22-13-15-23(30)16-14-22/h2-10,13-17,20H,11-12,18-19H2,1H3,(H,32,35)/t20-/m1/s1. The zero-order valence-corrected chi connectivity index (χ0v) is 20.8. The zero-order valence-electron chi connectivity index (χ0n) is 20.0. The number of hydrogen-bond donors (Lipinski definition) is 1. The Morgan fingerprint density at radius 3 is 2.44 bits per heavy atom. The smallest absolute Gasteiger partial charge is 0.291 e.